The fourth-order valence-corrected chi connectivity index (χ4v) is 4.60. The zero-order valence-corrected chi connectivity index (χ0v) is 21.3. The second-order valence-electron chi connectivity index (χ2n) is 9.30. The maximum absolute atomic E-state index is 14.7. The first-order valence-electron chi connectivity index (χ1n) is 12.1. The van der Waals surface area contributed by atoms with Gasteiger partial charge in [-0.1, -0.05) is 0 Å². The molecule has 0 spiro atoms. The third kappa shape index (κ3) is 5.11. The molecule has 5 rings (SSSR count). The van der Waals surface area contributed by atoms with Gasteiger partial charge in [0.15, 0.2) is 5.65 Å². The Balaban J connectivity index is 1.44. The lowest BCUT2D eigenvalue weighted by atomic mass is 10.0. The second kappa shape index (κ2) is 10.1. The van der Waals surface area contributed by atoms with E-state index in [4.69, 9.17) is 10.5 Å². The molecule has 4 aromatic rings. The molecule has 1 aliphatic heterocycles. The van der Waals surface area contributed by atoms with E-state index in [1.54, 1.807) is 25.3 Å². The van der Waals surface area contributed by atoms with Crippen LogP contribution in [0.2, 0.25) is 0 Å². The number of ether oxygens (including phenoxy) is 1. The molecule has 208 valence electrons. The predicted octanol–water partition coefficient (Wildman–Crippen LogP) is 3.38. The monoisotopic (exact) mass is 557 g/mol. The molecular formula is C26H23F4N7O3. The van der Waals surface area contributed by atoms with E-state index in [9.17, 15) is 27.2 Å². The highest BCUT2D eigenvalue weighted by Gasteiger charge is 2.41. The molecule has 14 heteroatoms. The number of methoxy groups -OCH3 is 1. The Hall–Kier alpha value is -4.75. The summed E-state index contributed by atoms with van der Waals surface area (Å²) in [5.74, 6) is -6.95. The molecule has 0 bridgehead atoms. The number of hydrogen-bond donors (Lipinski definition) is 2. The van der Waals surface area contributed by atoms with Gasteiger partial charge in [0, 0.05) is 43.0 Å². The summed E-state index contributed by atoms with van der Waals surface area (Å²) in [6.45, 7) is 0.0840. The number of nitrogens with two attached hydrogens (primary N) is 1. The smallest absolute Gasteiger partial charge is 0.267 e. The molecule has 10 nitrogen and oxygen atoms in total. The number of amides is 2. The largest absolute Gasteiger partial charge is 0.480 e. The molecule has 1 aromatic carbocycles. The zero-order valence-electron chi connectivity index (χ0n) is 21.3. The summed E-state index contributed by atoms with van der Waals surface area (Å²) in [4.78, 5) is 35.5. The molecule has 1 saturated heterocycles. The van der Waals surface area contributed by atoms with Gasteiger partial charge in [0.1, 0.15) is 17.2 Å². The van der Waals surface area contributed by atoms with Gasteiger partial charge in [-0.25, -0.2) is 27.1 Å². The Morgan fingerprint density at radius 3 is 2.65 bits per heavy atom. The predicted molar refractivity (Wildman–Crippen MR) is 135 cm³/mol. The summed E-state index contributed by atoms with van der Waals surface area (Å²) in [6.07, 6.45) is 1.08. The van der Waals surface area contributed by atoms with Crippen LogP contribution in [-0.2, 0) is 6.54 Å². The van der Waals surface area contributed by atoms with Gasteiger partial charge < -0.3 is 20.7 Å². The van der Waals surface area contributed by atoms with Crippen molar-refractivity contribution in [2.75, 3.05) is 25.9 Å². The highest BCUT2D eigenvalue weighted by molar-refractivity contribution is 5.99. The molecule has 1 fully saturated rings. The minimum absolute atomic E-state index is 0.00688. The van der Waals surface area contributed by atoms with E-state index >= 15 is 0 Å². The first kappa shape index (κ1) is 26.8. The SMILES string of the molecule is COc1nc(C)c(-c2ccn3nc(N)nc3c2)cc1C(=O)NCc1cc(F)cc(F)c1C(=O)N1CCC(F)(F)C1. The van der Waals surface area contributed by atoms with Crippen molar-refractivity contribution in [2.45, 2.75) is 25.8 Å². The Kier molecular flexibility index (Phi) is 6.77. The summed E-state index contributed by atoms with van der Waals surface area (Å²) in [7, 11) is 1.33. The first-order valence-corrected chi connectivity index (χ1v) is 12.1. The van der Waals surface area contributed by atoms with Crippen molar-refractivity contribution in [3.63, 3.8) is 0 Å². The van der Waals surface area contributed by atoms with E-state index in [0.29, 0.717) is 28.5 Å². The number of fused-ring (bicyclic) bond motifs is 1. The fourth-order valence-electron chi connectivity index (χ4n) is 4.60. The lowest BCUT2D eigenvalue weighted by Gasteiger charge is -2.19. The van der Waals surface area contributed by atoms with Gasteiger partial charge in [0.05, 0.1) is 19.2 Å². The van der Waals surface area contributed by atoms with Gasteiger partial charge >= 0.3 is 0 Å². The van der Waals surface area contributed by atoms with Crippen LogP contribution in [0.3, 0.4) is 0 Å². The number of nitrogens with zero attached hydrogens (tertiary/aromatic N) is 5. The molecule has 1 aliphatic rings. The van der Waals surface area contributed by atoms with Crippen molar-refractivity contribution in [1.29, 1.82) is 0 Å². The minimum Gasteiger partial charge on any atom is -0.480 e. The van der Waals surface area contributed by atoms with Gasteiger partial charge in [-0.2, -0.15) is 4.98 Å². The van der Waals surface area contributed by atoms with Crippen LogP contribution in [0.1, 0.15) is 38.4 Å². The number of benzene rings is 1. The summed E-state index contributed by atoms with van der Waals surface area (Å²) in [5, 5.41) is 6.55. The molecule has 0 saturated carbocycles. The molecule has 4 heterocycles. The number of halogens is 4. The van der Waals surface area contributed by atoms with E-state index in [-0.39, 0.29) is 29.5 Å². The maximum atomic E-state index is 14.7. The van der Waals surface area contributed by atoms with Crippen molar-refractivity contribution in [1.82, 2.24) is 29.8 Å². The van der Waals surface area contributed by atoms with E-state index in [1.165, 1.54) is 17.7 Å². The third-order valence-corrected chi connectivity index (χ3v) is 6.53. The van der Waals surface area contributed by atoms with Crippen LogP contribution >= 0.6 is 0 Å². The van der Waals surface area contributed by atoms with Crippen LogP contribution in [0.25, 0.3) is 16.8 Å². The van der Waals surface area contributed by atoms with E-state index < -0.39 is 54.4 Å². The van der Waals surface area contributed by atoms with Crippen molar-refractivity contribution in [3.05, 3.63) is 70.5 Å². The van der Waals surface area contributed by atoms with Crippen LogP contribution in [0.15, 0.2) is 36.5 Å². The molecular weight excluding hydrogens is 534 g/mol. The first-order chi connectivity index (χ1) is 19.0. The number of nitrogens with one attached hydrogen (secondary N) is 1. The molecule has 3 N–H and O–H groups in total. The normalized spacial score (nSPS) is 14.5. The van der Waals surface area contributed by atoms with Gasteiger partial charge in [-0.05, 0) is 42.3 Å². The zero-order chi connectivity index (χ0) is 28.8. The van der Waals surface area contributed by atoms with Crippen molar-refractivity contribution < 1.29 is 31.9 Å². The number of alkyl halides is 2. The Labute approximate surface area is 224 Å². The number of hydrogen-bond acceptors (Lipinski definition) is 7. The standard InChI is InChI=1S/C26H23F4N7O3/c1-13-17(14-3-5-37-20(8-14)34-25(31)35-37)10-18(23(33-13)40-2)22(38)32-11-15-7-16(27)9-19(28)21(15)24(39)36-6-4-26(29,30)12-36/h3,5,7-10H,4,6,11-12H2,1-2H3,(H2,31,35)(H,32,38). The number of likely N-dealkylation sites (tertiary alicyclic amines) is 1. The quantitative estimate of drug-likeness (QED) is 0.348. The number of pyridine rings is 2. The summed E-state index contributed by atoms with van der Waals surface area (Å²) in [5.41, 5.74) is 7.10. The fraction of sp³-hybridized carbons (Fsp3) is 0.269. The van der Waals surface area contributed by atoms with Gasteiger partial charge in [-0.3, -0.25) is 9.59 Å². The summed E-state index contributed by atoms with van der Waals surface area (Å²) < 4.78 is 62.9. The number of anilines is 1. The highest BCUT2D eigenvalue weighted by Crippen LogP contribution is 2.31. The number of rotatable bonds is 6. The Morgan fingerprint density at radius 1 is 1.18 bits per heavy atom. The summed E-state index contributed by atoms with van der Waals surface area (Å²) >= 11 is 0. The number of aryl methyl sites for hydroxylation is 1. The number of carbonyl (C=O) groups excluding carboxylic acids is 2. The van der Waals surface area contributed by atoms with Gasteiger partial charge in [0.25, 0.3) is 17.7 Å². The lowest BCUT2D eigenvalue weighted by molar-refractivity contribution is 0.0119. The minimum atomic E-state index is -3.10. The van der Waals surface area contributed by atoms with E-state index in [1.807, 2.05) is 0 Å². The number of aromatic nitrogens is 4. The molecule has 3 aromatic heterocycles. The van der Waals surface area contributed by atoms with Crippen molar-refractivity contribution >= 4 is 23.4 Å². The molecule has 0 atom stereocenters. The number of carbonyl (C=O) groups is 2. The lowest BCUT2D eigenvalue weighted by Crippen LogP contribution is -2.33. The van der Waals surface area contributed by atoms with Crippen LogP contribution in [0.5, 0.6) is 5.88 Å². The average molecular weight is 558 g/mol. The van der Waals surface area contributed by atoms with Crippen LogP contribution in [0.4, 0.5) is 23.5 Å². The highest BCUT2D eigenvalue weighted by atomic mass is 19.3. The maximum Gasteiger partial charge on any atom is 0.267 e. The van der Waals surface area contributed by atoms with Gasteiger partial charge in [0.2, 0.25) is 11.8 Å². The Morgan fingerprint density at radius 2 is 1.95 bits per heavy atom. The molecule has 2 amide bonds. The summed E-state index contributed by atoms with van der Waals surface area (Å²) in [6, 6.07) is 6.34. The van der Waals surface area contributed by atoms with E-state index in [0.717, 1.165) is 11.0 Å². The van der Waals surface area contributed by atoms with Crippen LogP contribution in [0, 0.1) is 18.6 Å². The van der Waals surface area contributed by atoms with Crippen molar-refractivity contribution in [3.8, 4) is 17.0 Å². The van der Waals surface area contributed by atoms with Crippen molar-refractivity contribution in [2.24, 2.45) is 0 Å². The van der Waals surface area contributed by atoms with Crippen LogP contribution < -0.4 is 15.8 Å². The molecule has 0 aliphatic carbocycles. The Bertz CT molecular complexity index is 1660. The molecule has 40 heavy (non-hydrogen) atoms. The second-order valence-corrected chi connectivity index (χ2v) is 9.30. The van der Waals surface area contributed by atoms with Gasteiger partial charge in [-0.15, -0.1) is 5.10 Å². The molecule has 0 radical (unpaired) electrons. The van der Waals surface area contributed by atoms with Crippen LogP contribution in [-0.4, -0.2) is 62.4 Å². The van der Waals surface area contributed by atoms with E-state index in [2.05, 4.69) is 20.4 Å². The molecule has 0 unspecified atom stereocenters. The topological polar surface area (TPSA) is 128 Å². The third-order valence-electron chi connectivity index (χ3n) is 6.53. The number of nitrogen functional groups attached to an aromatic ring is 1. The average Bonchev–Trinajstić information content (AvgIpc) is 3.46.